The molecule has 2 heterocycles. The summed E-state index contributed by atoms with van der Waals surface area (Å²) in [5.41, 5.74) is 0.997. The van der Waals surface area contributed by atoms with E-state index in [9.17, 15) is 4.79 Å². The van der Waals surface area contributed by atoms with Crippen molar-refractivity contribution >= 4 is 5.91 Å². The summed E-state index contributed by atoms with van der Waals surface area (Å²) in [6, 6.07) is 0.297. The molecule has 0 unspecified atom stereocenters. The van der Waals surface area contributed by atoms with Crippen molar-refractivity contribution in [3.05, 3.63) is 18.0 Å². The molecule has 0 radical (unpaired) electrons. The summed E-state index contributed by atoms with van der Waals surface area (Å²) >= 11 is 0. The van der Waals surface area contributed by atoms with E-state index >= 15 is 0 Å². The van der Waals surface area contributed by atoms with Crippen LogP contribution in [0.25, 0.3) is 0 Å². The molecule has 1 aromatic rings. The van der Waals surface area contributed by atoms with Crippen molar-refractivity contribution < 1.29 is 9.53 Å². The Morgan fingerprint density at radius 1 is 1.57 bits per heavy atom. The molecule has 1 aromatic heterocycles. The number of carbonyl (C=O) groups excluding carboxylic acids is 1. The Morgan fingerprint density at radius 3 is 2.90 bits per heavy atom. The number of nitrogens with zero attached hydrogens (tertiary/aromatic N) is 3. The molecule has 0 spiro atoms. The Balaban J connectivity index is 1.92. The molecule has 1 fully saturated rings. The van der Waals surface area contributed by atoms with Crippen molar-refractivity contribution in [1.82, 2.24) is 14.7 Å². The lowest BCUT2D eigenvalue weighted by molar-refractivity contribution is -0.140. The average molecular weight is 293 g/mol. The van der Waals surface area contributed by atoms with E-state index in [1.54, 1.807) is 0 Å². The lowest BCUT2D eigenvalue weighted by atomic mass is 9.92. The molecule has 1 aliphatic rings. The van der Waals surface area contributed by atoms with Gasteiger partial charge in [0.25, 0.3) is 0 Å². The van der Waals surface area contributed by atoms with Gasteiger partial charge >= 0.3 is 0 Å². The first kappa shape index (κ1) is 16.0. The Morgan fingerprint density at radius 2 is 2.33 bits per heavy atom. The number of aromatic nitrogens is 2. The topological polar surface area (TPSA) is 47.4 Å². The van der Waals surface area contributed by atoms with Crippen LogP contribution in [0.4, 0.5) is 0 Å². The van der Waals surface area contributed by atoms with Gasteiger partial charge in [0.05, 0.1) is 11.8 Å². The molecule has 0 aromatic carbocycles. The number of rotatable bonds is 5. The summed E-state index contributed by atoms with van der Waals surface area (Å²) in [6.45, 7) is 10.4. The molecule has 0 saturated carbocycles. The van der Waals surface area contributed by atoms with E-state index in [0.29, 0.717) is 19.0 Å². The normalized spacial score (nSPS) is 21.2. The van der Waals surface area contributed by atoms with Crippen molar-refractivity contribution in [2.24, 2.45) is 0 Å². The predicted octanol–water partition coefficient (Wildman–Crippen LogP) is 2.39. The molecule has 21 heavy (non-hydrogen) atoms. The molecular formula is C16H27N3O2. The number of amides is 1. The lowest BCUT2D eigenvalue weighted by Gasteiger charge is -2.41. The van der Waals surface area contributed by atoms with Crippen LogP contribution < -0.4 is 0 Å². The third kappa shape index (κ3) is 4.30. The summed E-state index contributed by atoms with van der Waals surface area (Å²) < 4.78 is 7.59. The minimum atomic E-state index is -0.129. The monoisotopic (exact) mass is 293 g/mol. The van der Waals surface area contributed by atoms with Gasteiger partial charge in [0.2, 0.25) is 5.91 Å². The van der Waals surface area contributed by atoms with Crippen LogP contribution in [0.5, 0.6) is 0 Å². The van der Waals surface area contributed by atoms with Crippen molar-refractivity contribution in [2.75, 3.05) is 13.2 Å². The molecule has 0 aliphatic carbocycles. The zero-order valence-corrected chi connectivity index (χ0v) is 13.6. The van der Waals surface area contributed by atoms with E-state index in [1.165, 1.54) is 0 Å². The second-order valence-corrected chi connectivity index (χ2v) is 6.47. The van der Waals surface area contributed by atoms with Gasteiger partial charge in [-0.15, -0.1) is 0 Å². The first-order valence-electron chi connectivity index (χ1n) is 7.84. The third-order valence-corrected chi connectivity index (χ3v) is 4.09. The molecule has 2 rings (SSSR count). The third-order valence-electron chi connectivity index (χ3n) is 4.09. The van der Waals surface area contributed by atoms with Gasteiger partial charge < -0.3 is 9.64 Å². The molecule has 0 N–H and O–H groups in total. The predicted molar refractivity (Wildman–Crippen MR) is 82.0 cm³/mol. The maximum atomic E-state index is 12.5. The molecule has 5 heteroatoms. The Labute approximate surface area is 127 Å². The highest BCUT2D eigenvalue weighted by atomic mass is 16.5. The molecular weight excluding hydrogens is 266 g/mol. The van der Waals surface area contributed by atoms with Gasteiger partial charge in [-0.1, -0.05) is 0 Å². The Hall–Kier alpha value is -1.36. The van der Waals surface area contributed by atoms with Crippen molar-refractivity contribution in [2.45, 2.75) is 65.1 Å². The van der Waals surface area contributed by atoms with Crippen LogP contribution in [0, 0.1) is 6.92 Å². The maximum absolute atomic E-state index is 12.5. The van der Waals surface area contributed by atoms with Gasteiger partial charge in [-0.2, -0.15) is 5.10 Å². The van der Waals surface area contributed by atoms with E-state index in [2.05, 4.69) is 25.9 Å². The van der Waals surface area contributed by atoms with Gasteiger partial charge in [-0.25, -0.2) is 0 Å². The van der Waals surface area contributed by atoms with E-state index in [4.69, 9.17) is 4.74 Å². The second-order valence-electron chi connectivity index (χ2n) is 6.47. The van der Waals surface area contributed by atoms with Crippen molar-refractivity contribution in [3.8, 4) is 0 Å². The Kier molecular flexibility index (Phi) is 5.04. The summed E-state index contributed by atoms with van der Waals surface area (Å²) in [7, 11) is 0. The van der Waals surface area contributed by atoms with Crippen LogP contribution in [-0.2, 0) is 16.1 Å². The van der Waals surface area contributed by atoms with E-state index < -0.39 is 0 Å². The van der Waals surface area contributed by atoms with Crippen LogP contribution >= 0.6 is 0 Å². The zero-order valence-electron chi connectivity index (χ0n) is 13.6. The first-order valence-corrected chi connectivity index (χ1v) is 7.84. The van der Waals surface area contributed by atoms with Gasteiger partial charge in [0.1, 0.15) is 0 Å². The quantitative estimate of drug-likeness (QED) is 0.837. The van der Waals surface area contributed by atoms with Crippen LogP contribution in [0.15, 0.2) is 12.4 Å². The number of aryl methyl sites for hydroxylation is 2. The highest BCUT2D eigenvalue weighted by molar-refractivity contribution is 5.76. The summed E-state index contributed by atoms with van der Waals surface area (Å²) in [5, 5.41) is 4.23. The summed E-state index contributed by atoms with van der Waals surface area (Å²) in [6.07, 6.45) is 6.15. The maximum Gasteiger partial charge on any atom is 0.224 e. The first-order chi connectivity index (χ1) is 9.91. The molecule has 1 saturated heterocycles. The van der Waals surface area contributed by atoms with Crippen LogP contribution in [0.3, 0.4) is 0 Å². The van der Waals surface area contributed by atoms with Gasteiger partial charge in [0, 0.05) is 38.4 Å². The zero-order chi connectivity index (χ0) is 15.5. The molecule has 118 valence electrons. The standard InChI is InChI=1S/C16H27N3O2/c1-5-19(14-7-9-21-16(3,4)10-14)15(20)6-8-18-12-13(2)11-17-18/h11-12,14H,5-10H2,1-4H3/t14-/m0/s1. The number of hydrogen-bond acceptors (Lipinski definition) is 3. The molecule has 5 nitrogen and oxygen atoms in total. The lowest BCUT2D eigenvalue weighted by Crippen LogP contribution is -2.48. The van der Waals surface area contributed by atoms with Gasteiger partial charge in [0.15, 0.2) is 0 Å². The molecule has 1 atom stereocenters. The minimum absolute atomic E-state index is 0.129. The number of hydrogen-bond donors (Lipinski definition) is 0. The summed E-state index contributed by atoms with van der Waals surface area (Å²) in [5.74, 6) is 0.216. The molecule has 1 aliphatic heterocycles. The fourth-order valence-corrected chi connectivity index (χ4v) is 3.05. The smallest absolute Gasteiger partial charge is 0.224 e. The molecule has 1 amide bonds. The van der Waals surface area contributed by atoms with Gasteiger partial charge in [-0.3, -0.25) is 9.48 Å². The van der Waals surface area contributed by atoms with Crippen LogP contribution in [-0.4, -0.2) is 45.4 Å². The van der Waals surface area contributed by atoms with Crippen LogP contribution in [0.2, 0.25) is 0 Å². The fraction of sp³-hybridized carbons (Fsp3) is 0.750. The van der Waals surface area contributed by atoms with Crippen molar-refractivity contribution in [3.63, 3.8) is 0 Å². The van der Waals surface area contributed by atoms with E-state index in [-0.39, 0.29) is 11.5 Å². The highest BCUT2D eigenvalue weighted by Crippen LogP contribution is 2.27. The number of ether oxygens (including phenoxy) is 1. The molecule has 0 bridgehead atoms. The summed E-state index contributed by atoms with van der Waals surface area (Å²) in [4.78, 5) is 14.5. The average Bonchev–Trinajstić information content (AvgIpc) is 2.82. The fourth-order valence-electron chi connectivity index (χ4n) is 3.05. The Bertz CT molecular complexity index is 482. The van der Waals surface area contributed by atoms with Crippen molar-refractivity contribution in [1.29, 1.82) is 0 Å². The minimum Gasteiger partial charge on any atom is -0.375 e. The van der Waals surface area contributed by atoms with Gasteiger partial charge in [-0.05, 0) is 46.1 Å². The van der Waals surface area contributed by atoms with Crippen LogP contribution in [0.1, 0.15) is 45.6 Å². The largest absolute Gasteiger partial charge is 0.375 e. The SMILES string of the molecule is CCN(C(=O)CCn1cc(C)cn1)[C@H]1CCOC(C)(C)C1. The highest BCUT2D eigenvalue weighted by Gasteiger charge is 2.33. The van der Waals surface area contributed by atoms with E-state index in [1.807, 2.05) is 28.9 Å². The van der Waals surface area contributed by atoms with E-state index in [0.717, 1.165) is 31.6 Å². The second kappa shape index (κ2) is 6.60. The number of carbonyl (C=O) groups is 1.